The van der Waals surface area contributed by atoms with Gasteiger partial charge >= 0.3 is 0 Å². The largest absolute Gasteiger partial charge is 0.493 e. The van der Waals surface area contributed by atoms with E-state index in [4.69, 9.17) is 9.47 Å². The van der Waals surface area contributed by atoms with Crippen molar-refractivity contribution in [2.75, 3.05) is 7.11 Å². The summed E-state index contributed by atoms with van der Waals surface area (Å²) in [6, 6.07) is 14.4. The van der Waals surface area contributed by atoms with Crippen molar-refractivity contribution in [3.05, 3.63) is 76.4 Å². The van der Waals surface area contributed by atoms with E-state index in [1.165, 1.54) is 7.11 Å². The molecule has 0 bridgehead atoms. The molecule has 21 heavy (non-hydrogen) atoms. The molecule has 0 saturated heterocycles. The van der Waals surface area contributed by atoms with Gasteiger partial charge in [-0.3, -0.25) is 10.1 Å². The molecule has 0 aliphatic heterocycles. The fourth-order valence-corrected chi connectivity index (χ4v) is 1.81. The van der Waals surface area contributed by atoms with Crippen LogP contribution in [0.4, 0.5) is 0 Å². The van der Waals surface area contributed by atoms with Crippen molar-refractivity contribution >= 4 is 5.70 Å². The van der Waals surface area contributed by atoms with Gasteiger partial charge in [-0.2, -0.15) is 0 Å². The van der Waals surface area contributed by atoms with Crippen molar-refractivity contribution in [3.63, 3.8) is 0 Å². The van der Waals surface area contributed by atoms with Crippen molar-refractivity contribution in [1.29, 1.82) is 0 Å². The van der Waals surface area contributed by atoms with Gasteiger partial charge in [-0.1, -0.05) is 30.3 Å². The summed E-state index contributed by atoms with van der Waals surface area (Å²) in [5.41, 5.74) is 1.21. The van der Waals surface area contributed by atoms with Crippen LogP contribution < -0.4 is 9.47 Å². The molecule has 0 radical (unpaired) electrons. The Bertz CT molecular complexity index is 653. The molecule has 0 aliphatic carbocycles. The Balaban J connectivity index is 2.22. The van der Waals surface area contributed by atoms with Gasteiger partial charge in [0.15, 0.2) is 11.5 Å². The summed E-state index contributed by atoms with van der Waals surface area (Å²) in [6.45, 7) is 3.80. The standard InChI is InChI=1S/C16H15NO4/c1-12(17(18)19)14-8-9-15(20-2)16(10-14)21-11-13-6-4-3-5-7-13/h3-10H,1,11H2,2H3. The molecule has 0 N–H and O–H groups in total. The highest BCUT2D eigenvalue weighted by atomic mass is 16.6. The van der Waals surface area contributed by atoms with E-state index in [9.17, 15) is 10.1 Å². The minimum Gasteiger partial charge on any atom is -0.493 e. The maximum absolute atomic E-state index is 10.8. The first-order valence-corrected chi connectivity index (χ1v) is 6.30. The number of hydrogen-bond donors (Lipinski definition) is 0. The van der Waals surface area contributed by atoms with Crippen molar-refractivity contribution in [2.45, 2.75) is 6.61 Å². The lowest BCUT2D eigenvalue weighted by Gasteiger charge is -2.11. The normalized spacial score (nSPS) is 9.95. The zero-order valence-corrected chi connectivity index (χ0v) is 11.6. The monoisotopic (exact) mass is 285 g/mol. The second-order valence-electron chi connectivity index (χ2n) is 4.34. The van der Waals surface area contributed by atoms with Gasteiger partial charge in [-0.25, -0.2) is 0 Å². The highest BCUT2D eigenvalue weighted by Gasteiger charge is 2.14. The maximum atomic E-state index is 10.8. The van der Waals surface area contributed by atoms with Gasteiger partial charge in [-0.05, 0) is 30.3 Å². The van der Waals surface area contributed by atoms with Gasteiger partial charge in [0, 0.05) is 0 Å². The van der Waals surface area contributed by atoms with Crippen LogP contribution in [0, 0.1) is 10.1 Å². The van der Waals surface area contributed by atoms with Crippen LogP contribution in [0.25, 0.3) is 5.70 Å². The lowest BCUT2D eigenvalue weighted by Crippen LogP contribution is -2.00. The SMILES string of the molecule is C=C(c1ccc(OC)c(OCc2ccccc2)c1)[N+](=O)[O-]. The Kier molecular flexibility index (Phi) is 4.56. The Morgan fingerprint density at radius 2 is 1.90 bits per heavy atom. The predicted molar refractivity (Wildman–Crippen MR) is 79.8 cm³/mol. The molecular weight excluding hydrogens is 270 g/mol. The fourth-order valence-electron chi connectivity index (χ4n) is 1.81. The van der Waals surface area contributed by atoms with Crippen LogP contribution in [-0.2, 0) is 6.61 Å². The summed E-state index contributed by atoms with van der Waals surface area (Å²) >= 11 is 0. The molecule has 108 valence electrons. The fraction of sp³-hybridized carbons (Fsp3) is 0.125. The van der Waals surface area contributed by atoms with E-state index in [0.29, 0.717) is 23.7 Å². The second kappa shape index (κ2) is 6.56. The molecule has 2 rings (SSSR count). The Hall–Kier alpha value is -2.82. The Morgan fingerprint density at radius 3 is 2.52 bits per heavy atom. The molecule has 0 spiro atoms. The average Bonchev–Trinajstić information content (AvgIpc) is 2.52. The van der Waals surface area contributed by atoms with Crippen LogP contribution in [0.2, 0.25) is 0 Å². The predicted octanol–water partition coefficient (Wildman–Crippen LogP) is 3.52. The van der Waals surface area contributed by atoms with Crippen LogP contribution in [0.3, 0.4) is 0 Å². The molecule has 0 unspecified atom stereocenters. The van der Waals surface area contributed by atoms with Gasteiger partial charge in [0.1, 0.15) is 6.61 Å². The molecule has 5 heteroatoms. The third kappa shape index (κ3) is 3.60. The summed E-state index contributed by atoms with van der Waals surface area (Å²) in [4.78, 5) is 10.3. The van der Waals surface area contributed by atoms with Crippen molar-refractivity contribution in [3.8, 4) is 11.5 Å². The number of nitrogens with zero attached hydrogens (tertiary/aromatic N) is 1. The maximum Gasteiger partial charge on any atom is 0.269 e. The highest BCUT2D eigenvalue weighted by Crippen LogP contribution is 2.31. The summed E-state index contributed by atoms with van der Waals surface area (Å²) in [5.74, 6) is 0.965. The molecule has 0 atom stereocenters. The van der Waals surface area contributed by atoms with Crippen molar-refractivity contribution < 1.29 is 14.4 Å². The molecular formula is C16H15NO4. The summed E-state index contributed by atoms with van der Waals surface area (Å²) in [7, 11) is 1.52. The topological polar surface area (TPSA) is 61.6 Å². The number of rotatable bonds is 6. The number of methoxy groups -OCH3 is 1. The zero-order chi connectivity index (χ0) is 15.2. The summed E-state index contributed by atoms with van der Waals surface area (Å²) in [5, 5.41) is 10.8. The molecule has 5 nitrogen and oxygen atoms in total. The third-order valence-corrected chi connectivity index (χ3v) is 2.95. The average molecular weight is 285 g/mol. The summed E-state index contributed by atoms with van der Waals surface area (Å²) < 4.78 is 10.9. The van der Waals surface area contributed by atoms with E-state index in [-0.39, 0.29) is 5.70 Å². The minimum absolute atomic E-state index is 0.179. The van der Waals surface area contributed by atoms with Crippen molar-refractivity contribution in [1.82, 2.24) is 0 Å². The Morgan fingerprint density at radius 1 is 1.19 bits per heavy atom. The van der Waals surface area contributed by atoms with Gasteiger partial charge < -0.3 is 9.47 Å². The highest BCUT2D eigenvalue weighted by molar-refractivity contribution is 5.60. The van der Waals surface area contributed by atoms with Gasteiger partial charge in [0.2, 0.25) is 0 Å². The smallest absolute Gasteiger partial charge is 0.269 e. The molecule has 0 fully saturated rings. The number of nitro groups is 1. The van der Waals surface area contributed by atoms with E-state index in [0.717, 1.165) is 5.56 Å². The van der Waals surface area contributed by atoms with Crippen LogP contribution in [-0.4, -0.2) is 12.0 Å². The lowest BCUT2D eigenvalue weighted by molar-refractivity contribution is -0.375. The minimum atomic E-state index is -0.525. The second-order valence-corrected chi connectivity index (χ2v) is 4.34. The first kappa shape index (κ1) is 14.6. The van der Waals surface area contributed by atoms with Crippen LogP contribution in [0.1, 0.15) is 11.1 Å². The first-order chi connectivity index (χ1) is 10.1. The summed E-state index contributed by atoms with van der Waals surface area (Å²) in [6.07, 6.45) is 0. The quantitative estimate of drug-likeness (QED) is 0.601. The van der Waals surface area contributed by atoms with Gasteiger partial charge in [0.05, 0.1) is 17.6 Å². The number of hydrogen-bond acceptors (Lipinski definition) is 4. The Labute approximate surface area is 122 Å². The van der Waals surface area contributed by atoms with E-state index < -0.39 is 4.92 Å². The van der Waals surface area contributed by atoms with Crippen LogP contribution in [0.15, 0.2) is 55.1 Å². The molecule has 2 aromatic rings. The molecule has 0 heterocycles. The molecule has 0 aliphatic rings. The molecule has 0 aromatic heterocycles. The van der Waals surface area contributed by atoms with E-state index in [1.54, 1.807) is 18.2 Å². The van der Waals surface area contributed by atoms with E-state index in [1.807, 2.05) is 30.3 Å². The van der Waals surface area contributed by atoms with Crippen LogP contribution in [0.5, 0.6) is 11.5 Å². The van der Waals surface area contributed by atoms with Gasteiger partial charge in [-0.15, -0.1) is 0 Å². The van der Waals surface area contributed by atoms with E-state index >= 15 is 0 Å². The third-order valence-electron chi connectivity index (χ3n) is 2.95. The van der Waals surface area contributed by atoms with Crippen molar-refractivity contribution in [2.24, 2.45) is 0 Å². The van der Waals surface area contributed by atoms with Crippen LogP contribution >= 0.6 is 0 Å². The van der Waals surface area contributed by atoms with Gasteiger partial charge in [0.25, 0.3) is 5.70 Å². The number of ether oxygens (including phenoxy) is 2. The lowest BCUT2D eigenvalue weighted by atomic mass is 10.1. The zero-order valence-electron chi connectivity index (χ0n) is 11.6. The molecule has 0 amide bonds. The number of benzene rings is 2. The molecule has 0 saturated carbocycles. The first-order valence-electron chi connectivity index (χ1n) is 6.30. The van der Waals surface area contributed by atoms with E-state index in [2.05, 4.69) is 6.58 Å². The molecule has 2 aromatic carbocycles.